The van der Waals surface area contributed by atoms with Crippen LogP contribution in [0.1, 0.15) is 59.2 Å². The van der Waals surface area contributed by atoms with Crippen LogP contribution in [-0.2, 0) is 26.4 Å². The SMILES string of the molecule is CCOC(=O)n1nc2c(c1NC(=O)C1=C([N+](=O)[O-])CC=C(N(C)C)C=C1)CN(C(=O)OC(C)(C)C)C2(C)C. The van der Waals surface area contributed by atoms with Crippen molar-refractivity contribution in [2.45, 2.75) is 65.6 Å². The van der Waals surface area contributed by atoms with E-state index >= 15 is 0 Å². The molecular formula is C25H34N6O7. The van der Waals surface area contributed by atoms with Crippen molar-refractivity contribution in [3.8, 4) is 0 Å². The summed E-state index contributed by atoms with van der Waals surface area (Å²) in [5, 5.41) is 18.8. The number of carbonyl (C=O) groups is 3. The number of nitrogens with zero attached hydrogens (tertiary/aromatic N) is 5. The van der Waals surface area contributed by atoms with E-state index in [1.165, 1.54) is 11.0 Å². The number of likely N-dealkylation sites (N-methyl/N-ethyl adjacent to an activating group) is 1. The molecule has 0 radical (unpaired) electrons. The first kappa shape index (κ1) is 28.4. The van der Waals surface area contributed by atoms with Gasteiger partial charge in [-0.3, -0.25) is 19.8 Å². The third-order valence-electron chi connectivity index (χ3n) is 6.06. The van der Waals surface area contributed by atoms with Crippen LogP contribution in [0, 0.1) is 10.1 Å². The standard InChI is InChI=1S/C25H34N6O7/c1-9-37-23(34)30-20(17-14-29(22(33)38-24(2,3)4)25(5,6)19(17)27-30)26-21(32)16-12-10-15(28(7)8)11-13-18(16)31(35)36/h10-12H,9,13-14H2,1-8H3,(H,26,32). The molecule has 0 saturated heterocycles. The highest BCUT2D eigenvalue weighted by atomic mass is 16.6. The van der Waals surface area contributed by atoms with Crippen LogP contribution >= 0.6 is 0 Å². The molecule has 13 nitrogen and oxygen atoms in total. The zero-order chi connectivity index (χ0) is 28.6. The summed E-state index contributed by atoms with van der Waals surface area (Å²) in [5.41, 5.74) is -0.754. The van der Waals surface area contributed by atoms with E-state index in [-0.39, 0.29) is 36.7 Å². The summed E-state index contributed by atoms with van der Waals surface area (Å²) >= 11 is 0. The molecule has 2 amide bonds. The number of rotatable bonds is 5. The van der Waals surface area contributed by atoms with Gasteiger partial charge in [-0.05, 0) is 53.7 Å². The third-order valence-corrected chi connectivity index (χ3v) is 6.06. The smallest absolute Gasteiger partial charge is 0.436 e. The Kier molecular flexibility index (Phi) is 7.70. The van der Waals surface area contributed by atoms with Crippen molar-refractivity contribution in [2.75, 3.05) is 26.0 Å². The molecule has 0 fully saturated rings. The molecule has 1 aliphatic carbocycles. The van der Waals surface area contributed by atoms with Crippen LogP contribution < -0.4 is 5.32 Å². The lowest BCUT2D eigenvalue weighted by Crippen LogP contribution is -2.44. The first-order valence-corrected chi connectivity index (χ1v) is 12.1. The van der Waals surface area contributed by atoms with Gasteiger partial charge in [0.15, 0.2) is 0 Å². The number of anilines is 1. The second kappa shape index (κ2) is 10.3. The maximum absolute atomic E-state index is 13.4. The number of amides is 2. The van der Waals surface area contributed by atoms with E-state index in [4.69, 9.17) is 9.47 Å². The van der Waals surface area contributed by atoms with Crippen molar-refractivity contribution in [1.29, 1.82) is 0 Å². The Bertz CT molecular complexity index is 1260. The number of ether oxygens (including phenoxy) is 2. The predicted molar refractivity (Wildman–Crippen MR) is 138 cm³/mol. The summed E-state index contributed by atoms with van der Waals surface area (Å²) in [6.07, 6.45) is 3.11. The number of hydrogen-bond acceptors (Lipinski definition) is 9. The fourth-order valence-electron chi connectivity index (χ4n) is 4.16. The van der Waals surface area contributed by atoms with E-state index in [0.29, 0.717) is 17.0 Å². The van der Waals surface area contributed by atoms with Gasteiger partial charge in [-0.25, -0.2) is 9.59 Å². The van der Waals surface area contributed by atoms with E-state index in [2.05, 4.69) is 10.4 Å². The van der Waals surface area contributed by atoms with Crippen LogP contribution in [-0.4, -0.2) is 68.9 Å². The second-order valence-electron chi connectivity index (χ2n) is 10.5. The van der Waals surface area contributed by atoms with Gasteiger partial charge in [0.1, 0.15) is 17.0 Å². The summed E-state index contributed by atoms with van der Waals surface area (Å²) in [4.78, 5) is 53.6. The number of hydrogen-bond donors (Lipinski definition) is 1. The van der Waals surface area contributed by atoms with Gasteiger partial charge in [0.2, 0.25) is 0 Å². The maximum Gasteiger partial charge on any atom is 0.436 e. The summed E-state index contributed by atoms with van der Waals surface area (Å²) in [6, 6.07) is 0. The number of allylic oxidation sites excluding steroid dienone is 2. The number of fused-ring (bicyclic) bond motifs is 1. The monoisotopic (exact) mass is 530 g/mol. The van der Waals surface area contributed by atoms with Crippen LogP contribution in [0.15, 0.2) is 35.2 Å². The summed E-state index contributed by atoms with van der Waals surface area (Å²) in [5.74, 6) is -0.834. The molecule has 13 heteroatoms. The lowest BCUT2D eigenvalue weighted by Gasteiger charge is -2.33. The number of nitro groups is 1. The first-order valence-electron chi connectivity index (χ1n) is 12.1. The molecule has 1 aromatic rings. The van der Waals surface area contributed by atoms with Crippen molar-refractivity contribution in [1.82, 2.24) is 19.6 Å². The normalized spacial score (nSPS) is 16.4. The average Bonchev–Trinajstić information content (AvgIpc) is 3.14. The third kappa shape index (κ3) is 5.55. The van der Waals surface area contributed by atoms with Crippen molar-refractivity contribution in [3.05, 3.63) is 56.6 Å². The Morgan fingerprint density at radius 1 is 1.21 bits per heavy atom. The van der Waals surface area contributed by atoms with Crippen molar-refractivity contribution in [3.63, 3.8) is 0 Å². The molecule has 0 bridgehead atoms. The largest absolute Gasteiger partial charge is 0.448 e. The van der Waals surface area contributed by atoms with Gasteiger partial charge in [-0.2, -0.15) is 5.10 Å². The summed E-state index contributed by atoms with van der Waals surface area (Å²) in [6.45, 7) is 10.4. The molecule has 1 N–H and O–H groups in total. The minimum absolute atomic E-state index is 0.0183. The van der Waals surface area contributed by atoms with Gasteiger partial charge >= 0.3 is 12.2 Å². The number of nitrogens with one attached hydrogen (secondary N) is 1. The van der Waals surface area contributed by atoms with Crippen LogP contribution in [0.3, 0.4) is 0 Å². The zero-order valence-electron chi connectivity index (χ0n) is 22.9. The predicted octanol–water partition coefficient (Wildman–Crippen LogP) is 3.75. The summed E-state index contributed by atoms with van der Waals surface area (Å²) < 4.78 is 11.6. The topological polar surface area (TPSA) is 149 Å². The van der Waals surface area contributed by atoms with Crippen molar-refractivity contribution in [2.24, 2.45) is 0 Å². The quantitative estimate of drug-likeness (QED) is 0.443. The highest BCUT2D eigenvalue weighted by Crippen LogP contribution is 2.42. The van der Waals surface area contributed by atoms with E-state index in [1.807, 2.05) is 0 Å². The van der Waals surface area contributed by atoms with Gasteiger partial charge < -0.3 is 19.7 Å². The van der Waals surface area contributed by atoms with Crippen LogP contribution in [0.4, 0.5) is 15.4 Å². The fourth-order valence-corrected chi connectivity index (χ4v) is 4.16. The summed E-state index contributed by atoms with van der Waals surface area (Å²) in [7, 11) is 3.57. The first-order chi connectivity index (χ1) is 17.6. The van der Waals surface area contributed by atoms with Crippen molar-refractivity contribution >= 4 is 23.9 Å². The molecule has 2 aliphatic rings. The van der Waals surface area contributed by atoms with Crippen LogP contribution in [0.25, 0.3) is 0 Å². The molecule has 0 unspecified atom stereocenters. The Hall–Kier alpha value is -4.16. The molecule has 0 aromatic carbocycles. The average molecular weight is 531 g/mol. The van der Waals surface area contributed by atoms with Gasteiger partial charge in [-0.1, -0.05) is 6.08 Å². The molecule has 0 atom stereocenters. The lowest BCUT2D eigenvalue weighted by molar-refractivity contribution is -0.427. The molecule has 3 rings (SSSR count). The second-order valence-corrected chi connectivity index (χ2v) is 10.5. The maximum atomic E-state index is 13.4. The Labute approximate surface area is 220 Å². The molecule has 1 aromatic heterocycles. The highest BCUT2D eigenvalue weighted by molar-refractivity contribution is 6.07. The van der Waals surface area contributed by atoms with Gasteiger partial charge in [0.05, 0.1) is 35.7 Å². The van der Waals surface area contributed by atoms with Gasteiger partial charge in [0.25, 0.3) is 11.6 Å². The molecule has 206 valence electrons. The van der Waals surface area contributed by atoms with Gasteiger partial charge in [0, 0.05) is 25.4 Å². The Balaban J connectivity index is 2.06. The lowest BCUT2D eigenvalue weighted by atomic mass is 10.0. The number of aromatic nitrogens is 2. The van der Waals surface area contributed by atoms with Crippen molar-refractivity contribution < 1.29 is 28.8 Å². The molecule has 0 saturated carbocycles. The van der Waals surface area contributed by atoms with E-state index in [0.717, 1.165) is 4.68 Å². The number of carbonyl (C=O) groups excluding carboxylic acids is 3. The molecule has 38 heavy (non-hydrogen) atoms. The molecule has 2 heterocycles. The zero-order valence-corrected chi connectivity index (χ0v) is 22.9. The minimum atomic E-state index is -0.993. The van der Waals surface area contributed by atoms with Crippen LogP contribution in [0.2, 0.25) is 0 Å². The Morgan fingerprint density at radius 3 is 2.42 bits per heavy atom. The Morgan fingerprint density at radius 2 is 1.87 bits per heavy atom. The fraction of sp³-hybridized carbons (Fsp3) is 0.520. The van der Waals surface area contributed by atoms with E-state index < -0.39 is 34.2 Å². The van der Waals surface area contributed by atoms with Gasteiger partial charge in [-0.15, -0.1) is 4.68 Å². The molecular weight excluding hydrogens is 496 g/mol. The van der Waals surface area contributed by atoms with Crippen LogP contribution in [0.5, 0.6) is 0 Å². The minimum Gasteiger partial charge on any atom is -0.448 e. The molecule has 0 spiro atoms. The molecule has 1 aliphatic heterocycles. The van der Waals surface area contributed by atoms with E-state index in [9.17, 15) is 24.5 Å². The highest BCUT2D eigenvalue weighted by Gasteiger charge is 2.47. The van der Waals surface area contributed by atoms with E-state index in [1.54, 1.807) is 72.7 Å².